The van der Waals surface area contributed by atoms with Crippen LogP contribution < -0.4 is 5.32 Å². The van der Waals surface area contributed by atoms with E-state index < -0.39 is 0 Å². The maximum Gasteiger partial charge on any atom is 0.236 e. The molecule has 2 heterocycles. The monoisotopic (exact) mass is 397 g/mol. The Labute approximate surface area is 148 Å². The first kappa shape index (κ1) is 17.9. The highest BCUT2D eigenvalue weighted by molar-refractivity contribution is 9.10. The summed E-state index contributed by atoms with van der Waals surface area (Å²) in [5.74, 6) is 1.92. The molecule has 0 radical (unpaired) electrons. The van der Waals surface area contributed by atoms with Gasteiger partial charge in [-0.05, 0) is 41.9 Å². The van der Waals surface area contributed by atoms with Gasteiger partial charge < -0.3 is 9.88 Å². The summed E-state index contributed by atoms with van der Waals surface area (Å²) in [4.78, 5) is 16.2. The molecule has 1 amide bonds. The molecule has 0 atom stereocenters. The molecule has 124 valence electrons. The molecule has 0 aromatic carbocycles. The molecular weight excluding hydrogens is 378 g/mol. The Morgan fingerprint density at radius 2 is 2.04 bits per heavy atom. The first-order chi connectivity index (χ1) is 10.9. The van der Waals surface area contributed by atoms with Gasteiger partial charge in [-0.3, -0.25) is 4.79 Å². The zero-order chi connectivity index (χ0) is 17.0. The lowest BCUT2D eigenvalue weighted by molar-refractivity contribution is -0.113. The average molecular weight is 398 g/mol. The van der Waals surface area contributed by atoms with Gasteiger partial charge in [0.05, 0.1) is 5.75 Å². The van der Waals surface area contributed by atoms with E-state index in [1.54, 1.807) is 12.3 Å². The molecule has 0 spiro atoms. The minimum Gasteiger partial charge on any atom is -0.310 e. The quantitative estimate of drug-likeness (QED) is 0.748. The second kappa shape index (κ2) is 7.92. The normalized spacial score (nSPS) is 11.3. The molecule has 2 aromatic heterocycles. The number of aromatic nitrogens is 4. The lowest BCUT2D eigenvalue weighted by Crippen LogP contribution is -2.16. The van der Waals surface area contributed by atoms with Crippen molar-refractivity contribution in [3.05, 3.63) is 28.6 Å². The smallest absolute Gasteiger partial charge is 0.236 e. The van der Waals surface area contributed by atoms with E-state index in [1.807, 2.05) is 6.07 Å². The molecule has 1 N–H and O–H groups in total. The van der Waals surface area contributed by atoms with E-state index in [2.05, 4.69) is 68.7 Å². The predicted molar refractivity (Wildman–Crippen MR) is 95.8 cm³/mol. The first-order valence-electron chi connectivity index (χ1n) is 7.37. The van der Waals surface area contributed by atoms with Crippen LogP contribution in [0, 0.1) is 0 Å². The van der Waals surface area contributed by atoms with Crippen LogP contribution in [0.15, 0.2) is 28.0 Å². The van der Waals surface area contributed by atoms with Crippen LogP contribution in [-0.2, 0) is 4.79 Å². The minimum atomic E-state index is -0.116. The molecule has 0 fully saturated rings. The fraction of sp³-hybridized carbons (Fsp3) is 0.467. The van der Waals surface area contributed by atoms with E-state index in [0.29, 0.717) is 11.7 Å². The number of pyridine rings is 1. The van der Waals surface area contributed by atoms with Gasteiger partial charge in [-0.1, -0.05) is 25.6 Å². The van der Waals surface area contributed by atoms with E-state index in [-0.39, 0.29) is 17.7 Å². The Hall–Kier alpha value is -1.41. The van der Waals surface area contributed by atoms with Crippen molar-refractivity contribution in [2.24, 2.45) is 0 Å². The van der Waals surface area contributed by atoms with Crippen LogP contribution in [0.25, 0.3) is 0 Å². The number of amides is 1. The van der Waals surface area contributed by atoms with E-state index in [4.69, 9.17) is 0 Å². The molecule has 0 bridgehead atoms. The topological polar surface area (TPSA) is 72.7 Å². The van der Waals surface area contributed by atoms with Crippen LogP contribution in [0.1, 0.15) is 45.5 Å². The van der Waals surface area contributed by atoms with E-state index >= 15 is 0 Å². The molecule has 0 saturated heterocycles. The number of hydrogen-bond acceptors (Lipinski definition) is 5. The van der Waals surface area contributed by atoms with Crippen molar-refractivity contribution in [3.8, 4) is 0 Å². The molecule has 0 aliphatic carbocycles. The van der Waals surface area contributed by atoms with Crippen molar-refractivity contribution in [2.75, 3.05) is 11.1 Å². The van der Waals surface area contributed by atoms with E-state index in [9.17, 15) is 4.79 Å². The Balaban J connectivity index is 2.00. The minimum absolute atomic E-state index is 0.116. The van der Waals surface area contributed by atoms with Crippen LogP contribution in [-0.4, -0.2) is 31.4 Å². The molecule has 0 unspecified atom stereocenters. The van der Waals surface area contributed by atoms with Gasteiger partial charge in [-0.2, -0.15) is 0 Å². The lowest BCUT2D eigenvalue weighted by atomic mass is 10.2. The highest BCUT2D eigenvalue weighted by atomic mass is 79.9. The molecule has 0 aliphatic rings. The second-order valence-electron chi connectivity index (χ2n) is 5.66. The van der Waals surface area contributed by atoms with Crippen molar-refractivity contribution in [2.45, 2.75) is 44.8 Å². The van der Waals surface area contributed by atoms with Crippen LogP contribution >= 0.6 is 27.7 Å². The number of hydrogen-bond donors (Lipinski definition) is 1. The zero-order valence-electron chi connectivity index (χ0n) is 13.6. The number of anilines is 1. The molecular formula is C15H20BrN5OS. The highest BCUT2D eigenvalue weighted by Gasteiger charge is 2.18. The van der Waals surface area contributed by atoms with Crippen molar-refractivity contribution in [1.82, 2.24) is 19.7 Å². The number of thioether (sulfide) groups is 1. The zero-order valence-corrected chi connectivity index (χ0v) is 16.0. The number of carbonyl (C=O) groups excluding carboxylic acids is 1. The van der Waals surface area contributed by atoms with Gasteiger partial charge in [0, 0.05) is 22.6 Å². The summed E-state index contributed by atoms with van der Waals surface area (Å²) >= 11 is 4.70. The Morgan fingerprint density at radius 3 is 2.61 bits per heavy atom. The van der Waals surface area contributed by atoms with Crippen molar-refractivity contribution in [1.29, 1.82) is 0 Å². The molecule has 23 heavy (non-hydrogen) atoms. The molecule has 2 rings (SSSR count). The van der Waals surface area contributed by atoms with Gasteiger partial charge in [0.25, 0.3) is 0 Å². The van der Waals surface area contributed by atoms with Crippen molar-refractivity contribution >= 4 is 39.4 Å². The molecule has 2 aromatic rings. The SMILES string of the molecule is CC(C)c1nnc(SCC(=O)Nc2ccc(Br)cn2)n1C(C)C. The molecule has 8 heteroatoms. The van der Waals surface area contributed by atoms with Crippen molar-refractivity contribution < 1.29 is 4.79 Å². The van der Waals surface area contributed by atoms with Crippen LogP contribution in [0.2, 0.25) is 0 Å². The third-order valence-corrected chi connectivity index (χ3v) is 4.46. The maximum atomic E-state index is 12.1. The summed E-state index contributed by atoms with van der Waals surface area (Å²) in [6, 6.07) is 3.83. The Kier molecular flexibility index (Phi) is 6.17. The summed E-state index contributed by atoms with van der Waals surface area (Å²) in [7, 11) is 0. The van der Waals surface area contributed by atoms with Gasteiger partial charge in [0.1, 0.15) is 11.6 Å². The van der Waals surface area contributed by atoms with E-state index in [0.717, 1.165) is 15.5 Å². The molecule has 0 aliphatic heterocycles. The number of rotatable bonds is 6. The van der Waals surface area contributed by atoms with Crippen molar-refractivity contribution in [3.63, 3.8) is 0 Å². The van der Waals surface area contributed by atoms with Crippen LogP contribution in [0.4, 0.5) is 5.82 Å². The maximum absolute atomic E-state index is 12.1. The summed E-state index contributed by atoms with van der Waals surface area (Å²) < 4.78 is 2.96. The Morgan fingerprint density at radius 1 is 1.30 bits per heavy atom. The number of nitrogens with zero attached hydrogens (tertiary/aromatic N) is 4. The second-order valence-corrected chi connectivity index (χ2v) is 7.52. The standard InChI is InChI=1S/C15H20BrN5OS/c1-9(2)14-19-20-15(21(14)10(3)4)23-8-13(22)18-12-6-5-11(16)7-17-12/h5-7,9-10H,8H2,1-4H3,(H,17,18,22). The van der Waals surface area contributed by atoms with Crippen LogP contribution in [0.3, 0.4) is 0 Å². The average Bonchev–Trinajstić information content (AvgIpc) is 2.92. The summed E-state index contributed by atoms with van der Waals surface area (Å²) in [5.41, 5.74) is 0. The van der Waals surface area contributed by atoms with Gasteiger partial charge in [0.2, 0.25) is 5.91 Å². The first-order valence-corrected chi connectivity index (χ1v) is 9.15. The third-order valence-electron chi connectivity index (χ3n) is 3.05. The summed E-state index contributed by atoms with van der Waals surface area (Å²) in [6.07, 6.45) is 1.65. The van der Waals surface area contributed by atoms with Gasteiger partial charge in [-0.25, -0.2) is 4.98 Å². The molecule has 0 saturated carbocycles. The summed E-state index contributed by atoms with van der Waals surface area (Å²) in [6.45, 7) is 8.35. The summed E-state index contributed by atoms with van der Waals surface area (Å²) in [5, 5.41) is 12.0. The largest absolute Gasteiger partial charge is 0.310 e. The van der Waals surface area contributed by atoms with Gasteiger partial charge in [0.15, 0.2) is 5.16 Å². The number of nitrogens with one attached hydrogen (secondary N) is 1. The van der Waals surface area contributed by atoms with Gasteiger partial charge >= 0.3 is 0 Å². The van der Waals surface area contributed by atoms with Crippen LogP contribution in [0.5, 0.6) is 0 Å². The Bertz CT molecular complexity index is 669. The highest BCUT2D eigenvalue weighted by Crippen LogP contribution is 2.25. The number of halogens is 1. The van der Waals surface area contributed by atoms with Gasteiger partial charge in [-0.15, -0.1) is 10.2 Å². The number of carbonyl (C=O) groups is 1. The fourth-order valence-electron chi connectivity index (χ4n) is 2.02. The lowest BCUT2D eigenvalue weighted by Gasteiger charge is -2.15. The third kappa shape index (κ3) is 4.78. The fourth-order valence-corrected chi connectivity index (χ4v) is 3.13. The van der Waals surface area contributed by atoms with E-state index in [1.165, 1.54) is 11.8 Å². The molecule has 6 nitrogen and oxygen atoms in total. The predicted octanol–water partition coefficient (Wildman–Crippen LogP) is 3.87.